The Bertz CT molecular complexity index is 632. The van der Waals surface area contributed by atoms with Gasteiger partial charge < -0.3 is 9.64 Å². The van der Waals surface area contributed by atoms with E-state index in [1.807, 2.05) is 17.0 Å². The van der Waals surface area contributed by atoms with Crippen molar-refractivity contribution in [3.8, 4) is 0 Å². The summed E-state index contributed by atoms with van der Waals surface area (Å²) >= 11 is 7.23. The van der Waals surface area contributed by atoms with Gasteiger partial charge in [-0.25, -0.2) is 0 Å². The molecule has 6 heteroatoms. The highest BCUT2D eigenvalue weighted by atomic mass is 35.5. The molecule has 0 bridgehead atoms. The summed E-state index contributed by atoms with van der Waals surface area (Å²) in [5, 5.41) is 0. The summed E-state index contributed by atoms with van der Waals surface area (Å²) in [4.78, 5) is 19.1. The Morgan fingerprint density at radius 1 is 1.45 bits per heavy atom. The fraction of sp³-hybridized carbons (Fsp3) is 0.375. The zero-order valence-corrected chi connectivity index (χ0v) is 13.6. The topological polar surface area (TPSA) is 42.4 Å². The minimum absolute atomic E-state index is 0.0478. The molecule has 0 saturated carbocycles. The van der Waals surface area contributed by atoms with Gasteiger partial charge in [0.1, 0.15) is 0 Å². The molecule has 1 aliphatic heterocycles. The van der Waals surface area contributed by atoms with Gasteiger partial charge in [-0.2, -0.15) is 0 Å². The van der Waals surface area contributed by atoms with Crippen LogP contribution >= 0.6 is 22.9 Å². The summed E-state index contributed by atoms with van der Waals surface area (Å²) in [6.45, 7) is 1.95. The van der Waals surface area contributed by atoms with Gasteiger partial charge in [0.2, 0.25) is 0 Å². The van der Waals surface area contributed by atoms with Crippen LogP contribution in [0.3, 0.4) is 0 Å². The van der Waals surface area contributed by atoms with Gasteiger partial charge >= 0.3 is 0 Å². The highest BCUT2D eigenvalue weighted by molar-refractivity contribution is 7.17. The maximum atomic E-state index is 12.4. The van der Waals surface area contributed by atoms with Crippen molar-refractivity contribution in [3.63, 3.8) is 0 Å². The molecule has 116 valence electrons. The van der Waals surface area contributed by atoms with Gasteiger partial charge in [-0.05, 0) is 36.6 Å². The molecule has 4 nitrogen and oxygen atoms in total. The molecule has 1 atom stereocenters. The fourth-order valence-corrected chi connectivity index (χ4v) is 3.55. The molecular formula is C16H17ClN2O2S. The third kappa shape index (κ3) is 3.85. The minimum atomic E-state index is 0.0478. The van der Waals surface area contributed by atoms with Crippen LogP contribution in [0.15, 0.2) is 36.7 Å². The molecule has 3 rings (SSSR count). The van der Waals surface area contributed by atoms with Crippen molar-refractivity contribution >= 4 is 28.8 Å². The zero-order chi connectivity index (χ0) is 15.4. The van der Waals surface area contributed by atoms with Crippen molar-refractivity contribution in [2.75, 3.05) is 13.1 Å². The Morgan fingerprint density at radius 2 is 2.36 bits per heavy atom. The third-order valence-corrected chi connectivity index (χ3v) is 4.88. The number of carbonyl (C=O) groups excluding carboxylic acids is 1. The van der Waals surface area contributed by atoms with Gasteiger partial charge in [0.25, 0.3) is 5.91 Å². The maximum absolute atomic E-state index is 12.4. The van der Waals surface area contributed by atoms with Crippen LogP contribution < -0.4 is 0 Å². The number of hydrogen-bond acceptors (Lipinski definition) is 4. The number of carbonyl (C=O) groups is 1. The first-order valence-electron chi connectivity index (χ1n) is 7.27. The fourth-order valence-electron chi connectivity index (χ4n) is 2.54. The van der Waals surface area contributed by atoms with Crippen LogP contribution in [0.1, 0.15) is 28.1 Å². The first-order valence-corrected chi connectivity index (χ1v) is 8.47. The van der Waals surface area contributed by atoms with Crippen LogP contribution in [-0.2, 0) is 11.3 Å². The normalized spacial score (nSPS) is 18.4. The quantitative estimate of drug-likeness (QED) is 0.856. The molecule has 1 saturated heterocycles. The smallest absolute Gasteiger partial charge is 0.264 e. The Hall–Kier alpha value is -1.43. The van der Waals surface area contributed by atoms with Crippen molar-refractivity contribution in [1.82, 2.24) is 9.88 Å². The van der Waals surface area contributed by atoms with Crippen LogP contribution in [0.25, 0.3) is 0 Å². The number of aromatic nitrogens is 1. The van der Waals surface area contributed by atoms with E-state index in [9.17, 15) is 4.79 Å². The molecule has 0 radical (unpaired) electrons. The third-order valence-electron chi connectivity index (χ3n) is 3.66. The predicted molar refractivity (Wildman–Crippen MR) is 87.3 cm³/mol. The molecular weight excluding hydrogens is 320 g/mol. The van der Waals surface area contributed by atoms with Crippen molar-refractivity contribution in [3.05, 3.63) is 51.4 Å². The molecule has 1 aliphatic rings. The summed E-state index contributed by atoms with van der Waals surface area (Å²) in [7, 11) is 0. The van der Waals surface area contributed by atoms with Gasteiger partial charge in [-0.15, -0.1) is 11.3 Å². The first-order chi connectivity index (χ1) is 10.7. The summed E-state index contributed by atoms with van der Waals surface area (Å²) < 4.78 is 6.58. The minimum Gasteiger partial charge on any atom is -0.372 e. The Morgan fingerprint density at radius 3 is 3.09 bits per heavy atom. The largest absolute Gasteiger partial charge is 0.372 e. The van der Waals surface area contributed by atoms with E-state index in [2.05, 4.69) is 4.98 Å². The Labute approximate surface area is 138 Å². The number of rotatable bonds is 4. The SMILES string of the molecule is O=C(c1ccc(Cl)s1)N1CCCC(OCc2cccnc2)C1. The van der Waals surface area contributed by atoms with Crippen molar-refractivity contribution < 1.29 is 9.53 Å². The maximum Gasteiger partial charge on any atom is 0.264 e. The number of likely N-dealkylation sites (tertiary alicyclic amines) is 1. The van der Waals surface area contributed by atoms with Crippen LogP contribution in [0.4, 0.5) is 0 Å². The number of piperidine rings is 1. The second-order valence-electron chi connectivity index (χ2n) is 5.29. The van der Waals surface area contributed by atoms with E-state index in [-0.39, 0.29) is 12.0 Å². The lowest BCUT2D eigenvalue weighted by atomic mass is 10.1. The lowest BCUT2D eigenvalue weighted by Crippen LogP contribution is -2.42. The lowest BCUT2D eigenvalue weighted by Gasteiger charge is -2.32. The van der Waals surface area contributed by atoms with E-state index in [0.717, 1.165) is 24.9 Å². The number of ether oxygens (including phenoxy) is 1. The van der Waals surface area contributed by atoms with Crippen LogP contribution in [-0.4, -0.2) is 35.0 Å². The number of pyridine rings is 1. The van der Waals surface area contributed by atoms with Gasteiger partial charge in [0, 0.05) is 25.5 Å². The Kier molecular flexibility index (Phi) is 5.08. The van der Waals surface area contributed by atoms with Crippen molar-refractivity contribution in [2.45, 2.75) is 25.6 Å². The van der Waals surface area contributed by atoms with E-state index in [4.69, 9.17) is 16.3 Å². The monoisotopic (exact) mass is 336 g/mol. The first kappa shape index (κ1) is 15.5. The predicted octanol–water partition coefficient (Wildman–Crippen LogP) is 3.62. The molecule has 0 spiro atoms. The molecule has 3 heterocycles. The van der Waals surface area contributed by atoms with Crippen LogP contribution in [0, 0.1) is 0 Å². The van der Waals surface area contributed by atoms with Crippen LogP contribution in [0.5, 0.6) is 0 Å². The molecule has 2 aromatic rings. The number of amides is 1. The molecule has 1 amide bonds. The van der Waals surface area contributed by atoms with E-state index in [1.54, 1.807) is 24.5 Å². The highest BCUT2D eigenvalue weighted by Crippen LogP contribution is 2.24. The average molecular weight is 337 g/mol. The van der Waals surface area contributed by atoms with Crippen molar-refractivity contribution in [1.29, 1.82) is 0 Å². The van der Waals surface area contributed by atoms with E-state index < -0.39 is 0 Å². The highest BCUT2D eigenvalue weighted by Gasteiger charge is 2.25. The summed E-state index contributed by atoms with van der Waals surface area (Å²) in [6.07, 6.45) is 5.57. The molecule has 22 heavy (non-hydrogen) atoms. The summed E-state index contributed by atoms with van der Waals surface area (Å²) in [6, 6.07) is 7.44. The number of halogens is 1. The molecule has 0 N–H and O–H groups in total. The molecule has 2 aromatic heterocycles. The average Bonchev–Trinajstić information content (AvgIpc) is 3.00. The van der Waals surface area contributed by atoms with Gasteiger partial charge in [-0.3, -0.25) is 9.78 Å². The van der Waals surface area contributed by atoms with Gasteiger partial charge in [-0.1, -0.05) is 17.7 Å². The molecule has 1 unspecified atom stereocenters. The lowest BCUT2D eigenvalue weighted by molar-refractivity contribution is -0.00667. The number of thiophene rings is 1. The van der Waals surface area contributed by atoms with Gasteiger partial charge in [0.05, 0.1) is 21.9 Å². The second kappa shape index (κ2) is 7.22. The van der Waals surface area contributed by atoms with E-state index in [0.29, 0.717) is 22.4 Å². The number of nitrogens with zero attached hydrogens (tertiary/aromatic N) is 2. The van der Waals surface area contributed by atoms with E-state index >= 15 is 0 Å². The molecule has 1 fully saturated rings. The second-order valence-corrected chi connectivity index (χ2v) is 7.01. The molecule has 0 aromatic carbocycles. The zero-order valence-electron chi connectivity index (χ0n) is 12.1. The van der Waals surface area contributed by atoms with Gasteiger partial charge in [0.15, 0.2) is 0 Å². The van der Waals surface area contributed by atoms with Crippen LogP contribution in [0.2, 0.25) is 4.34 Å². The summed E-state index contributed by atoms with van der Waals surface area (Å²) in [5.41, 5.74) is 1.05. The van der Waals surface area contributed by atoms with Crippen molar-refractivity contribution in [2.24, 2.45) is 0 Å². The standard InChI is InChI=1S/C16H17ClN2O2S/c17-15-6-5-14(22-15)16(20)19-8-2-4-13(10-19)21-11-12-3-1-7-18-9-12/h1,3,5-7,9,13H,2,4,8,10-11H2. The number of hydrogen-bond donors (Lipinski definition) is 0. The summed E-state index contributed by atoms with van der Waals surface area (Å²) in [5.74, 6) is 0.0478. The van der Waals surface area contributed by atoms with E-state index in [1.165, 1.54) is 11.3 Å². The molecule has 0 aliphatic carbocycles. The Balaban J connectivity index is 1.56.